The Bertz CT molecular complexity index is 1400. The standard InChI is InChI=1S/C42H61N5O3/c1-45(36-25-31-47(32-26-36)33-38-40(49-2)21-16-22-41(38)50-3)27-14-7-5-4-6-8-15-28-46-29-23-35(24-30-46)43-42(48)44-39-20-13-12-19-37(39)34-17-10-9-11-18-34/h9-13,16-22,35-36H,4-8,14-15,23-33H2,1-3H3,(H2,43,44,48). The molecule has 2 fully saturated rings. The van der Waals surface area contributed by atoms with Crippen LogP contribution in [0.1, 0.15) is 76.2 Å². The summed E-state index contributed by atoms with van der Waals surface area (Å²) >= 11 is 0. The van der Waals surface area contributed by atoms with Crippen LogP contribution in [-0.2, 0) is 6.54 Å². The number of likely N-dealkylation sites (tertiary alicyclic amines) is 2. The number of amides is 2. The molecule has 0 radical (unpaired) electrons. The van der Waals surface area contributed by atoms with Gasteiger partial charge in [0.2, 0.25) is 0 Å². The van der Waals surface area contributed by atoms with Crippen LogP contribution in [0.5, 0.6) is 11.5 Å². The van der Waals surface area contributed by atoms with Gasteiger partial charge in [-0.25, -0.2) is 4.79 Å². The molecule has 50 heavy (non-hydrogen) atoms. The summed E-state index contributed by atoms with van der Waals surface area (Å²) in [5.74, 6) is 1.83. The highest BCUT2D eigenvalue weighted by Crippen LogP contribution is 2.31. The van der Waals surface area contributed by atoms with Gasteiger partial charge < -0.3 is 29.9 Å². The third-order valence-corrected chi connectivity index (χ3v) is 10.8. The Labute approximate surface area is 301 Å². The molecular weight excluding hydrogens is 622 g/mol. The zero-order valence-corrected chi connectivity index (χ0v) is 30.9. The van der Waals surface area contributed by atoms with E-state index in [1.807, 2.05) is 54.6 Å². The minimum absolute atomic E-state index is 0.110. The number of rotatable bonds is 18. The van der Waals surface area contributed by atoms with Gasteiger partial charge in [-0.1, -0.05) is 86.7 Å². The number of nitrogens with zero attached hydrogens (tertiary/aromatic N) is 3. The van der Waals surface area contributed by atoms with Crippen LogP contribution in [0.15, 0.2) is 72.8 Å². The molecular formula is C42H61N5O3. The highest BCUT2D eigenvalue weighted by atomic mass is 16.5. The zero-order valence-electron chi connectivity index (χ0n) is 30.9. The van der Waals surface area contributed by atoms with Crippen LogP contribution in [0.25, 0.3) is 11.1 Å². The highest BCUT2D eigenvalue weighted by Gasteiger charge is 2.24. The van der Waals surface area contributed by atoms with Crippen LogP contribution < -0.4 is 20.1 Å². The number of methoxy groups -OCH3 is 2. The predicted molar refractivity (Wildman–Crippen MR) is 206 cm³/mol. The van der Waals surface area contributed by atoms with Crippen molar-refractivity contribution in [3.8, 4) is 22.6 Å². The van der Waals surface area contributed by atoms with Crippen LogP contribution in [0.4, 0.5) is 10.5 Å². The topological polar surface area (TPSA) is 69.3 Å². The van der Waals surface area contributed by atoms with Gasteiger partial charge in [-0.3, -0.25) is 4.90 Å². The summed E-state index contributed by atoms with van der Waals surface area (Å²) in [6.07, 6.45) is 13.8. The van der Waals surface area contributed by atoms with E-state index in [1.54, 1.807) is 14.2 Å². The SMILES string of the molecule is COc1cccc(OC)c1CN1CCC(N(C)CCCCCCCCCN2CCC(NC(=O)Nc3ccccc3-c3ccccc3)CC2)CC1. The maximum atomic E-state index is 12.8. The number of ether oxygens (including phenoxy) is 2. The van der Waals surface area contributed by atoms with Gasteiger partial charge in [0.1, 0.15) is 11.5 Å². The van der Waals surface area contributed by atoms with E-state index < -0.39 is 0 Å². The molecule has 0 aliphatic carbocycles. The van der Waals surface area contributed by atoms with E-state index in [1.165, 1.54) is 70.9 Å². The molecule has 0 atom stereocenters. The van der Waals surface area contributed by atoms with Crippen molar-refractivity contribution in [3.63, 3.8) is 0 Å². The van der Waals surface area contributed by atoms with Crippen LogP contribution in [0.2, 0.25) is 0 Å². The van der Waals surface area contributed by atoms with Crippen molar-refractivity contribution in [2.45, 2.75) is 89.3 Å². The van der Waals surface area contributed by atoms with Gasteiger partial charge >= 0.3 is 6.03 Å². The van der Waals surface area contributed by atoms with Crippen molar-refractivity contribution in [2.75, 3.05) is 65.9 Å². The Hall–Kier alpha value is -3.59. The van der Waals surface area contributed by atoms with Gasteiger partial charge in [0.25, 0.3) is 0 Å². The van der Waals surface area contributed by atoms with E-state index in [0.717, 1.165) is 79.4 Å². The first kappa shape index (κ1) is 37.7. The maximum absolute atomic E-state index is 12.8. The molecule has 272 valence electrons. The first-order valence-electron chi connectivity index (χ1n) is 19.1. The van der Waals surface area contributed by atoms with Crippen molar-refractivity contribution >= 4 is 11.7 Å². The fourth-order valence-corrected chi connectivity index (χ4v) is 7.69. The Morgan fingerprint density at radius 3 is 2.00 bits per heavy atom. The Morgan fingerprint density at radius 1 is 0.720 bits per heavy atom. The molecule has 8 heteroatoms. The van der Waals surface area contributed by atoms with Crippen molar-refractivity contribution in [2.24, 2.45) is 0 Å². The number of anilines is 1. The second-order valence-corrected chi connectivity index (χ2v) is 14.2. The first-order valence-corrected chi connectivity index (χ1v) is 19.1. The van der Waals surface area contributed by atoms with Crippen molar-refractivity contribution < 1.29 is 14.3 Å². The van der Waals surface area contributed by atoms with Gasteiger partial charge in [-0.15, -0.1) is 0 Å². The highest BCUT2D eigenvalue weighted by molar-refractivity contribution is 5.94. The molecule has 2 saturated heterocycles. The molecule has 3 aromatic carbocycles. The Balaban J connectivity index is 0.861. The number of piperidine rings is 2. The third kappa shape index (κ3) is 11.5. The zero-order chi connectivity index (χ0) is 35.0. The molecule has 2 aliphatic rings. The number of urea groups is 1. The lowest BCUT2D eigenvalue weighted by molar-refractivity contribution is 0.121. The molecule has 0 unspecified atom stereocenters. The number of unbranched alkanes of at least 4 members (excludes halogenated alkanes) is 6. The molecule has 5 rings (SSSR count). The third-order valence-electron chi connectivity index (χ3n) is 10.8. The van der Waals surface area contributed by atoms with E-state index in [2.05, 4.69) is 50.6 Å². The fourth-order valence-electron chi connectivity index (χ4n) is 7.69. The van der Waals surface area contributed by atoms with E-state index in [0.29, 0.717) is 6.04 Å². The summed E-state index contributed by atoms with van der Waals surface area (Å²) in [5, 5.41) is 6.31. The second-order valence-electron chi connectivity index (χ2n) is 14.2. The Kier molecular flexibility index (Phi) is 15.3. The molecule has 0 saturated carbocycles. The number of hydrogen-bond donors (Lipinski definition) is 2. The van der Waals surface area contributed by atoms with Crippen molar-refractivity contribution in [3.05, 3.63) is 78.4 Å². The van der Waals surface area contributed by atoms with Crippen LogP contribution in [0, 0.1) is 0 Å². The molecule has 0 spiro atoms. The molecule has 2 heterocycles. The summed E-state index contributed by atoms with van der Waals surface area (Å²) < 4.78 is 11.2. The number of nitrogens with one attached hydrogen (secondary N) is 2. The van der Waals surface area contributed by atoms with Gasteiger partial charge in [0.15, 0.2) is 0 Å². The summed E-state index contributed by atoms with van der Waals surface area (Å²) in [4.78, 5) is 20.6. The van der Waals surface area contributed by atoms with Crippen molar-refractivity contribution in [1.29, 1.82) is 0 Å². The fraction of sp³-hybridized carbons (Fsp3) is 0.548. The smallest absolute Gasteiger partial charge is 0.319 e. The van der Waals surface area contributed by atoms with E-state index in [-0.39, 0.29) is 12.1 Å². The van der Waals surface area contributed by atoms with Crippen LogP contribution in [0.3, 0.4) is 0 Å². The lowest BCUT2D eigenvalue weighted by Gasteiger charge is -2.37. The van der Waals surface area contributed by atoms with E-state index in [9.17, 15) is 4.79 Å². The van der Waals surface area contributed by atoms with Crippen LogP contribution in [-0.4, -0.2) is 93.4 Å². The lowest BCUT2D eigenvalue weighted by atomic mass is 10.0. The number of hydrogen-bond acceptors (Lipinski definition) is 6. The summed E-state index contributed by atoms with van der Waals surface area (Å²) in [5.41, 5.74) is 4.14. The minimum atomic E-state index is -0.110. The summed E-state index contributed by atoms with van der Waals surface area (Å²) in [7, 11) is 5.80. The molecule has 2 aliphatic heterocycles. The maximum Gasteiger partial charge on any atom is 0.319 e. The molecule has 3 aromatic rings. The van der Waals surface area contributed by atoms with Gasteiger partial charge in [0, 0.05) is 37.3 Å². The number of benzene rings is 3. The average molecular weight is 684 g/mol. The lowest BCUT2D eigenvalue weighted by Crippen LogP contribution is -2.46. The largest absolute Gasteiger partial charge is 0.496 e. The van der Waals surface area contributed by atoms with Crippen molar-refractivity contribution in [1.82, 2.24) is 20.0 Å². The Morgan fingerprint density at radius 2 is 1.32 bits per heavy atom. The normalized spacial score (nSPS) is 16.4. The number of para-hydroxylation sites is 1. The molecule has 2 amide bonds. The quantitative estimate of drug-likeness (QED) is 0.132. The van der Waals surface area contributed by atoms with Gasteiger partial charge in [0.05, 0.1) is 25.5 Å². The van der Waals surface area contributed by atoms with Gasteiger partial charge in [-0.05, 0) is 95.5 Å². The summed E-state index contributed by atoms with van der Waals surface area (Å²) in [6, 6.07) is 25.1. The van der Waals surface area contributed by atoms with E-state index >= 15 is 0 Å². The predicted octanol–water partition coefficient (Wildman–Crippen LogP) is 8.28. The number of carbonyl (C=O) groups is 1. The minimum Gasteiger partial charge on any atom is -0.496 e. The monoisotopic (exact) mass is 683 g/mol. The molecule has 2 N–H and O–H groups in total. The average Bonchev–Trinajstić information content (AvgIpc) is 3.15. The number of carbonyl (C=O) groups excluding carboxylic acids is 1. The van der Waals surface area contributed by atoms with Gasteiger partial charge in [-0.2, -0.15) is 0 Å². The van der Waals surface area contributed by atoms with Crippen LogP contribution >= 0.6 is 0 Å². The first-order chi connectivity index (χ1) is 24.5. The summed E-state index contributed by atoms with van der Waals surface area (Å²) in [6.45, 7) is 7.63. The second kappa shape index (κ2) is 20.3. The molecule has 0 aromatic heterocycles. The molecule has 8 nitrogen and oxygen atoms in total. The molecule has 0 bridgehead atoms. The van der Waals surface area contributed by atoms with E-state index in [4.69, 9.17) is 9.47 Å².